The maximum Gasteiger partial charge on any atom is 0.410 e. The first-order chi connectivity index (χ1) is 20.9. The van der Waals surface area contributed by atoms with Crippen molar-refractivity contribution in [3.05, 3.63) is 29.5 Å². The molecule has 5 aliphatic rings. The molecular formula is C33H45N5O6. The van der Waals surface area contributed by atoms with Gasteiger partial charge in [-0.2, -0.15) is 0 Å². The van der Waals surface area contributed by atoms with Crippen LogP contribution in [0.15, 0.2) is 18.2 Å². The Labute approximate surface area is 259 Å². The average Bonchev–Trinajstić information content (AvgIpc) is 3.63. The predicted octanol–water partition coefficient (Wildman–Crippen LogP) is 4.84. The molecule has 44 heavy (non-hydrogen) atoms. The Bertz CT molecular complexity index is 1450. The molecule has 0 N–H and O–H groups in total. The van der Waals surface area contributed by atoms with E-state index in [-0.39, 0.29) is 12.2 Å². The standard InChI is InChI=1S/C33H45N5O6/c1-22-6-9-24-25(18-22)43-33(11-14-36(15-12-33)29(39)41-19-23-7-8-23)27-26(24)34-28(35(27)5)37-13-10-32(20-37)21-38(16-17-42-32)30(40)44-31(2,3)4/h6,9,18,23H,7-8,10-17,19-21H2,1-5H3. The summed E-state index contributed by atoms with van der Waals surface area (Å²) in [6.07, 6.45) is 3.90. The first-order valence-electron chi connectivity index (χ1n) is 16.1. The van der Waals surface area contributed by atoms with Gasteiger partial charge in [-0.25, -0.2) is 14.6 Å². The van der Waals surface area contributed by atoms with Crippen LogP contribution in [0.2, 0.25) is 0 Å². The molecule has 11 heteroatoms. The molecule has 4 aliphatic heterocycles. The highest BCUT2D eigenvalue weighted by Crippen LogP contribution is 2.51. The Balaban J connectivity index is 1.14. The van der Waals surface area contributed by atoms with Crippen LogP contribution in [0.1, 0.15) is 64.1 Å². The van der Waals surface area contributed by atoms with Crippen molar-refractivity contribution < 1.29 is 28.5 Å². The van der Waals surface area contributed by atoms with Crippen LogP contribution in [0.4, 0.5) is 15.5 Å². The number of rotatable bonds is 3. The van der Waals surface area contributed by atoms with Crippen LogP contribution < -0.4 is 9.64 Å². The molecule has 1 aromatic heterocycles. The summed E-state index contributed by atoms with van der Waals surface area (Å²) in [7, 11) is 2.07. The van der Waals surface area contributed by atoms with Gasteiger partial charge in [0.25, 0.3) is 0 Å². The number of carbonyl (C=O) groups excluding carboxylic acids is 2. The molecule has 2 amide bonds. The van der Waals surface area contributed by atoms with Crippen LogP contribution >= 0.6 is 0 Å². The van der Waals surface area contributed by atoms with Crippen LogP contribution in [0, 0.1) is 12.8 Å². The number of imidazole rings is 1. The molecule has 0 bridgehead atoms. The number of likely N-dealkylation sites (tertiary alicyclic amines) is 1. The lowest BCUT2D eigenvalue weighted by atomic mass is 9.83. The molecule has 1 saturated carbocycles. The van der Waals surface area contributed by atoms with Crippen LogP contribution in [-0.4, -0.2) is 95.2 Å². The zero-order chi connectivity index (χ0) is 30.9. The highest BCUT2D eigenvalue weighted by Gasteiger charge is 2.50. The van der Waals surface area contributed by atoms with E-state index in [0.29, 0.717) is 64.7 Å². The van der Waals surface area contributed by atoms with Gasteiger partial charge in [-0.1, -0.05) is 6.07 Å². The number of morpholine rings is 1. The minimum Gasteiger partial charge on any atom is -0.480 e. The van der Waals surface area contributed by atoms with Gasteiger partial charge in [-0.15, -0.1) is 0 Å². The van der Waals surface area contributed by atoms with E-state index in [0.717, 1.165) is 60.0 Å². The molecule has 238 valence electrons. The molecule has 7 rings (SSSR count). The van der Waals surface area contributed by atoms with E-state index < -0.39 is 16.8 Å². The van der Waals surface area contributed by atoms with E-state index >= 15 is 0 Å². The Kier molecular flexibility index (Phi) is 7.02. The van der Waals surface area contributed by atoms with Crippen molar-refractivity contribution in [1.29, 1.82) is 0 Å². The van der Waals surface area contributed by atoms with Crippen molar-refractivity contribution in [3.63, 3.8) is 0 Å². The number of aromatic nitrogens is 2. The zero-order valence-electron chi connectivity index (χ0n) is 26.7. The van der Waals surface area contributed by atoms with Gasteiger partial charge in [0.05, 0.1) is 32.0 Å². The third-order valence-corrected chi connectivity index (χ3v) is 9.67. The number of ether oxygens (including phenoxy) is 4. The number of hydrogen-bond donors (Lipinski definition) is 0. The highest BCUT2D eigenvalue weighted by molar-refractivity contribution is 5.75. The lowest BCUT2D eigenvalue weighted by Gasteiger charge is -2.44. The van der Waals surface area contributed by atoms with Gasteiger partial charge in [0.2, 0.25) is 5.95 Å². The molecule has 2 spiro atoms. The maximum absolute atomic E-state index is 12.9. The number of aryl methyl sites for hydroxylation is 1. The number of benzene rings is 1. The molecule has 5 heterocycles. The van der Waals surface area contributed by atoms with Gasteiger partial charge < -0.3 is 38.2 Å². The summed E-state index contributed by atoms with van der Waals surface area (Å²) >= 11 is 0. The van der Waals surface area contributed by atoms with Gasteiger partial charge in [0, 0.05) is 51.6 Å². The molecule has 1 atom stereocenters. The number of amides is 2. The summed E-state index contributed by atoms with van der Waals surface area (Å²) in [6.45, 7) is 12.3. The quantitative estimate of drug-likeness (QED) is 0.489. The second-order valence-electron chi connectivity index (χ2n) is 14.4. The summed E-state index contributed by atoms with van der Waals surface area (Å²) in [5, 5.41) is 0. The fourth-order valence-electron chi connectivity index (χ4n) is 7.19. The monoisotopic (exact) mass is 607 g/mol. The lowest BCUT2D eigenvalue weighted by Crippen LogP contribution is -2.55. The first kappa shape index (κ1) is 29.3. The summed E-state index contributed by atoms with van der Waals surface area (Å²) in [6, 6.07) is 6.30. The van der Waals surface area contributed by atoms with Crippen molar-refractivity contribution in [3.8, 4) is 17.0 Å². The minimum absolute atomic E-state index is 0.222. The molecule has 3 saturated heterocycles. The fraction of sp³-hybridized carbons (Fsp3) is 0.667. The Morgan fingerprint density at radius 3 is 2.52 bits per heavy atom. The van der Waals surface area contributed by atoms with E-state index in [4.69, 9.17) is 23.9 Å². The number of carbonyl (C=O) groups is 2. The molecule has 1 unspecified atom stereocenters. The van der Waals surface area contributed by atoms with E-state index in [1.807, 2.05) is 25.7 Å². The van der Waals surface area contributed by atoms with Crippen LogP contribution in [0.5, 0.6) is 5.75 Å². The number of nitrogens with zero attached hydrogens (tertiary/aromatic N) is 5. The number of anilines is 1. The van der Waals surface area contributed by atoms with E-state index in [2.05, 4.69) is 41.6 Å². The SMILES string of the molecule is Cc1ccc2c(c1)OC1(CCN(C(=O)OCC3CC3)CC1)c1c-2nc(N2CCC3(CN(C(=O)OC(C)(C)C)CCO3)C2)n1C. The van der Waals surface area contributed by atoms with Crippen LogP contribution in [-0.2, 0) is 26.9 Å². The summed E-state index contributed by atoms with van der Waals surface area (Å²) < 4.78 is 26.7. The zero-order valence-corrected chi connectivity index (χ0v) is 26.7. The topological polar surface area (TPSA) is 98.6 Å². The normalized spacial score (nSPS) is 24.2. The van der Waals surface area contributed by atoms with Crippen molar-refractivity contribution >= 4 is 18.1 Å². The third kappa shape index (κ3) is 5.37. The van der Waals surface area contributed by atoms with Gasteiger partial charge in [0.1, 0.15) is 22.6 Å². The molecule has 1 aromatic carbocycles. The summed E-state index contributed by atoms with van der Waals surface area (Å²) in [5.74, 6) is 2.25. The van der Waals surface area contributed by atoms with Crippen molar-refractivity contribution in [1.82, 2.24) is 19.4 Å². The Morgan fingerprint density at radius 2 is 1.80 bits per heavy atom. The second-order valence-corrected chi connectivity index (χ2v) is 14.4. The van der Waals surface area contributed by atoms with Crippen molar-refractivity contribution in [2.75, 3.05) is 57.4 Å². The molecule has 11 nitrogen and oxygen atoms in total. The smallest absolute Gasteiger partial charge is 0.410 e. The van der Waals surface area contributed by atoms with Gasteiger partial charge in [0.15, 0.2) is 5.60 Å². The Hall–Kier alpha value is -3.47. The van der Waals surface area contributed by atoms with Gasteiger partial charge >= 0.3 is 12.2 Å². The predicted molar refractivity (Wildman–Crippen MR) is 164 cm³/mol. The second kappa shape index (κ2) is 10.6. The highest BCUT2D eigenvalue weighted by atomic mass is 16.6. The van der Waals surface area contributed by atoms with Gasteiger partial charge in [-0.05, 0) is 70.6 Å². The summed E-state index contributed by atoms with van der Waals surface area (Å²) in [4.78, 5) is 36.9. The van der Waals surface area contributed by atoms with Crippen molar-refractivity contribution in [2.45, 2.75) is 76.6 Å². The average molecular weight is 608 g/mol. The summed E-state index contributed by atoms with van der Waals surface area (Å²) in [5.41, 5.74) is 2.49. The largest absolute Gasteiger partial charge is 0.480 e. The fourth-order valence-corrected chi connectivity index (χ4v) is 7.19. The molecule has 0 radical (unpaired) electrons. The molecule has 4 fully saturated rings. The third-order valence-electron chi connectivity index (χ3n) is 9.67. The van der Waals surface area contributed by atoms with Gasteiger partial charge in [-0.3, -0.25) is 0 Å². The number of hydrogen-bond acceptors (Lipinski definition) is 8. The van der Waals surface area contributed by atoms with Crippen LogP contribution in [0.3, 0.4) is 0 Å². The minimum atomic E-state index is -0.602. The van der Waals surface area contributed by atoms with Crippen molar-refractivity contribution in [2.24, 2.45) is 13.0 Å². The van der Waals surface area contributed by atoms with E-state index in [1.165, 1.54) is 0 Å². The number of piperidine rings is 1. The van der Waals surface area contributed by atoms with E-state index in [1.54, 1.807) is 4.90 Å². The molecular weight excluding hydrogens is 562 g/mol. The van der Waals surface area contributed by atoms with E-state index in [9.17, 15) is 9.59 Å². The first-order valence-corrected chi connectivity index (χ1v) is 16.1. The van der Waals surface area contributed by atoms with Crippen LogP contribution in [0.25, 0.3) is 11.3 Å². The molecule has 2 aromatic rings. The number of fused-ring (bicyclic) bond motifs is 4. The lowest BCUT2D eigenvalue weighted by molar-refractivity contribution is -0.0959. The Morgan fingerprint density at radius 1 is 1.02 bits per heavy atom. The molecule has 1 aliphatic carbocycles. The maximum atomic E-state index is 12.9.